The van der Waals surface area contributed by atoms with E-state index in [4.69, 9.17) is 36.7 Å². The molecule has 4 aliphatic heterocycles. The summed E-state index contributed by atoms with van der Waals surface area (Å²) in [7, 11) is -8.87. The first-order valence-corrected chi connectivity index (χ1v) is 37.8. The molecule has 13 heteroatoms. The summed E-state index contributed by atoms with van der Waals surface area (Å²) >= 11 is 0. The quantitative estimate of drug-likeness (QED) is 0.121. The second-order valence-electron chi connectivity index (χ2n) is 25.8. The van der Waals surface area contributed by atoms with E-state index in [9.17, 15) is 0 Å². The van der Waals surface area contributed by atoms with Crippen LogP contribution in [0.2, 0.25) is 75.5 Å². The molecule has 3 saturated heterocycles. The summed E-state index contributed by atoms with van der Waals surface area (Å²) < 4.78 is 57.8. The van der Waals surface area contributed by atoms with Crippen molar-refractivity contribution in [3.05, 3.63) is 47.1 Å². The fourth-order valence-electron chi connectivity index (χ4n) is 10.1. The number of carbonyl (C=O) groups is 1. The number of fused-ring (bicyclic) bond motifs is 2. The molecule has 0 aromatic heterocycles. The highest BCUT2D eigenvalue weighted by Gasteiger charge is 2.64. The molecule has 13 atom stereocenters. The van der Waals surface area contributed by atoms with Gasteiger partial charge in [0.05, 0.1) is 37.1 Å². The normalized spacial score (nSPS) is 38.5. The Morgan fingerprint density at radius 1 is 0.800 bits per heavy atom. The van der Waals surface area contributed by atoms with Crippen LogP contribution in [0.1, 0.15) is 115 Å². The largest absolute Gasteiger partial charge is 0.462 e. The van der Waals surface area contributed by atoms with Gasteiger partial charge in [-0.1, -0.05) is 106 Å². The summed E-state index contributed by atoms with van der Waals surface area (Å²) in [4.78, 5) is 15.5. The highest BCUT2D eigenvalue weighted by Crippen LogP contribution is 2.53. The number of ether oxygens (including phenoxy) is 4. The molecule has 3 fully saturated rings. The van der Waals surface area contributed by atoms with Crippen LogP contribution in [0.3, 0.4) is 0 Å². The Kier molecular flexibility index (Phi) is 16.6. The third-order valence-electron chi connectivity index (χ3n) is 15.9. The van der Waals surface area contributed by atoms with Crippen LogP contribution in [-0.2, 0) is 41.4 Å². The Morgan fingerprint density at radius 3 is 1.98 bits per heavy atom. The van der Waals surface area contributed by atoms with Crippen molar-refractivity contribution in [3.8, 4) is 0 Å². The average molecular weight is 976 g/mol. The van der Waals surface area contributed by atoms with Crippen molar-refractivity contribution in [2.75, 3.05) is 6.61 Å². The van der Waals surface area contributed by atoms with Gasteiger partial charge in [0.1, 0.15) is 23.7 Å². The molecule has 65 heavy (non-hydrogen) atoms. The number of hydrogen-bond donors (Lipinski definition) is 0. The second kappa shape index (κ2) is 19.7. The van der Waals surface area contributed by atoms with Gasteiger partial charge in [-0.05, 0) is 118 Å². The zero-order chi connectivity index (χ0) is 49.1. The molecule has 0 aromatic rings. The molecule has 5 rings (SSSR count). The number of rotatable bonds is 10. The van der Waals surface area contributed by atoms with E-state index in [0.717, 1.165) is 17.6 Å². The predicted octanol–water partition coefficient (Wildman–Crippen LogP) is 13.3. The van der Waals surface area contributed by atoms with Gasteiger partial charge in [-0.3, -0.25) is 4.79 Å². The number of esters is 1. The van der Waals surface area contributed by atoms with Crippen LogP contribution < -0.4 is 0 Å². The van der Waals surface area contributed by atoms with E-state index >= 15 is 4.79 Å². The molecule has 0 saturated carbocycles. The minimum Gasteiger partial charge on any atom is -0.462 e. The monoisotopic (exact) mass is 975 g/mol. The Balaban J connectivity index is 1.71. The van der Waals surface area contributed by atoms with Gasteiger partial charge in [0, 0.05) is 31.1 Å². The molecule has 9 nitrogen and oxygen atoms in total. The molecule has 0 radical (unpaired) electrons. The Labute approximate surface area is 401 Å². The predicted molar refractivity (Wildman–Crippen MR) is 276 cm³/mol. The van der Waals surface area contributed by atoms with E-state index in [2.05, 4.69) is 179 Å². The first-order valence-electron chi connectivity index (χ1n) is 25.2. The Hall–Kier alpha value is -0.982. The molecular formula is C52H94O9Si4. The first kappa shape index (κ1) is 55.0. The molecule has 0 aromatic carbocycles. The van der Waals surface area contributed by atoms with E-state index in [1.165, 1.54) is 5.57 Å². The lowest BCUT2D eigenvalue weighted by Gasteiger charge is -2.55. The average Bonchev–Trinajstić information content (AvgIpc) is 3.49. The van der Waals surface area contributed by atoms with Crippen LogP contribution >= 0.6 is 0 Å². The highest BCUT2D eigenvalue weighted by molar-refractivity contribution is 6.74. The molecule has 1 aliphatic carbocycles. The van der Waals surface area contributed by atoms with Gasteiger partial charge in [-0.2, -0.15) is 0 Å². The van der Waals surface area contributed by atoms with Crippen LogP contribution in [0.4, 0.5) is 0 Å². The standard InChI is InChI=1S/C52H94O9Si4/c1-23-34(2)45-38(6)43(58-64(19,20)49(7,8)9)32-51(57-45)31-41-30-40(56-51)28-27-36(4)44(59-62(13,14)15)35(3)25-24-26-39-33-54-47-46(60-65(21,22)50(10,11)12)37(5)29-42(48(53)55-41)52(39,47)61-63(16,17)18/h24-27,29,34-35,38,40-47H,23,28,30-33H2,1-22H3/b25-24+,36-27+,39-26+/t34-,35-,38-,40+,41-,42-,43-,44-,45+,46+,47?,51-,52+/m0/s1. The third kappa shape index (κ3) is 12.3. The van der Waals surface area contributed by atoms with E-state index in [0.29, 0.717) is 32.3 Å². The zero-order valence-electron chi connectivity index (χ0n) is 45.2. The molecule has 1 unspecified atom stereocenters. The van der Waals surface area contributed by atoms with Crippen molar-refractivity contribution >= 4 is 39.2 Å². The van der Waals surface area contributed by atoms with Crippen molar-refractivity contribution < 1.29 is 41.4 Å². The summed E-state index contributed by atoms with van der Waals surface area (Å²) in [5.74, 6) is -1.56. The summed E-state index contributed by atoms with van der Waals surface area (Å²) in [5.41, 5.74) is 1.97. The van der Waals surface area contributed by atoms with E-state index in [1.807, 2.05) is 0 Å². The number of carbonyl (C=O) groups excluding carboxylic acids is 1. The summed E-state index contributed by atoms with van der Waals surface area (Å²) in [6.07, 6.45) is 12.2. The summed E-state index contributed by atoms with van der Waals surface area (Å²) in [5, 5.41) is -0.00194. The summed E-state index contributed by atoms with van der Waals surface area (Å²) in [6.45, 7) is 50.0. The van der Waals surface area contributed by atoms with Crippen molar-refractivity contribution in [1.29, 1.82) is 0 Å². The lowest BCUT2D eigenvalue weighted by atomic mass is 9.71. The highest BCUT2D eigenvalue weighted by atomic mass is 28.4. The second-order valence-corrected chi connectivity index (χ2v) is 44.2. The van der Waals surface area contributed by atoms with Crippen LogP contribution in [0.15, 0.2) is 47.1 Å². The Morgan fingerprint density at radius 2 is 1.42 bits per heavy atom. The minimum absolute atomic E-state index is 0.0350. The molecule has 0 N–H and O–H groups in total. The van der Waals surface area contributed by atoms with E-state index < -0.39 is 62.8 Å². The fraction of sp³-hybridized carbons (Fsp3) is 0.827. The zero-order valence-corrected chi connectivity index (χ0v) is 49.2. The maximum Gasteiger partial charge on any atom is 0.316 e. The van der Waals surface area contributed by atoms with Crippen molar-refractivity contribution in [3.63, 3.8) is 0 Å². The molecule has 372 valence electrons. The van der Waals surface area contributed by atoms with Crippen molar-refractivity contribution in [2.24, 2.45) is 23.7 Å². The van der Waals surface area contributed by atoms with Crippen LogP contribution in [0.5, 0.6) is 0 Å². The van der Waals surface area contributed by atoms with Gasteiger partial charge in [0.2, 0.25) is 0 Å². The van der Waals surface area contributed by atoms with Gasteiger partial charge in [-0.15, -0.1) is 0 Å². The molecule has 0 amide bonds. The fourth-order valence-corrected chi connectivity index (χ4v) is 15.4. The molecule has 4 heterocycles. The third-order valence-corrected chi connectivity index (χ3v) is 26.8. The smallest absolute Gasteiger partial charge is 0.316 e. The first-order chi connectivity index (χ1) is 29.6. The molecular weight excluding hydrogens is 881 g/mol. The van der Waals surface area contributed by atoms with Gasteiger partial charge >= 0.3 is 5.97 Å². The van der Waals surface area contributed by atoms with E-state index in [-0.39, 0.29) is 64.3 Å². The van der Waals surface area contributed by atoms with Crippen molar-refractivity contribution in [1.82, 2.24) is 0 Å². The lowest BCUT2D eigenvalue weighted by molar-refractivity contribution is -0.353. The van der Waals surface area contributed by atoms with Gasteiger partial charge in [-0.25, -0.2) is 0 Å². The van der Waals surface area contributed by atoms with Gasteiger partial charge < -0.3 is 36.7 Å². The SMILES string of the molecule is CC[C@H](C)[C@H]1O[C@@]2(C[C@@H]3C[C@@H](C/C=C(\C)[C@@H](O[Si](C)(C)C)[C@@H](C)/C=C/C=C4\COC5[C@H](O[Si](C)(C)C(C)(C)C)C(C)=C[C@@H](C(=O)O3)[C@]45O[Si](C)(C)C)O2)C[C@H](O[Si](C)(C)C(C)(C)C)[C@@H]1C. The van der Waals surface area contributed by atoms with Gasteiger partial charge in [0.15, 0.2) is 39.1 Å². The minimum atomic E-state index is -2.39. The summed E-state index contributed by atoms with van der Waals surface area (Å²) in [6, 6.07) is 0. The molecule has 5 aliphatic rings. The molecule has 1 spiro atoms. The topological polar surface area (TPSA) is 90.9 Å². The van der Waals surface area contributed by atoms with Crippen LogP contribution in [0.25, 0.3) is 0 Å². The maximum atomic E-state index is 15.5. The maximum absolute atomic E-state index is 15.5. The number of hydrogen-bond acceptors (Lipinski definition) is 9. The van der Waals surface area contributed by atoms with E-state index in [1.54, 1.807) is 0 Å². The lowest BCUT2D eigenvalue weighted by Crippen LogP contribution is -2.64. The van der Waals surface area contributed by atoms with Crippen LogP contribution in [0, 0.1) is 23.7 Å². The molecule has 2 bridgehead atoms. The number of allylic oxidation sites excluding steroid dienone is 2. The Bertz CT molecular complexity index is 1810. The van der Waals surface area contributed by atoms with Gasteiger partial charge in [0.25, 0.3) is 0 Å². The van der Waals surface area contributed by atoms with Crippen LogP contribution in [-0.4, -0.2) is 100.0 Å². The van der Waals surface area contributed by atoms with Crippen molar-refractivity contribution in [2.45, 2.75) is 245 Å².